The third kappa shape index (κ3) is 3.19. The van der Waals surface area contributed by atoms with Crippen molar-refractivity contribution in [1.29, 1.82) is 0 Å². The third-order valence-electron chi connectivity index (χ3n) is 2.25. The molecule has 19 heavy (non-hydrogen) atoms. The second-order valence-corrected chi connectivity index (χ2v) is 4.41. The van der Waals surface area contributed by atoms with Gasteiger partial charge in [-0.3, -0.25) is 10.1 Å². The van der Waals surface area contributed by atoms with Crippen molar-refractivity contribution in [2.24, 2.45) is 0 Å². The average Bonchev–Trinajstić information content (AvgIpc) is 2.41. The molecule has 0 N–H and O–H groups in total. The van der Waals surface area contributed by atoms with Gasteiger partial charge in [-0.05, 0) is 24.3 Å². The van der Waals surface area contributed by atoms with E-state index in [0.29, 0.717) is 5.75 Å². The lowest BCUT2D eigenvalue weighted by Gasteiger charge is -2.06. The van der Waals surface area contributed by atoms with Gasteiger partial charge in [0.25, 0.3) is 0 Å². The Morgan fingerprint density at radius 2 is 1.89 bits per heavy atom. The Hall–Kier alpha value is -2.15. The van der Waals surface area contributed by atoms with E-state index in [9.17, 15) is 10.1 Å². The molecule has 0 saturated heterocycles. The Morgan fingerprint density at radius 1 is 1.21 bits per heavy atom. The van der Waals surface area contributed by atoms with Crippen LogP contribution in [0.25, 0.3) is 0 Å². The number of nitrogens with zero attached hydrogens (tertiary/aromatic N) is 2. The van der Waals surface area contributed by atoms with Gasteiger partial charge < -0.3 is 9.47 Å². The van der Waals surface area contributed by atoms with Crippen LogP contribution in [0.5, 0.6) is 17.5 Å². The van der Waals surface area contributed by atoms with Crippen LogP contribution in [0.1, 0.15) is 0 Å². The summed E-state index contributed by atoms with van der Waals surface area (Å²) in [6.07, 6.45) is 0. The van der Waals surface area contributed by atoms with Gasteiger partial charge in [0, 0.05) is 16.6 Å². The van der Waals surface area contributed by atoms with Crippen molar-refractivity contribution in [3.8, 4) is 17.5 Å². The van der Waals surface area contributed by atoms with Crippen molar-refractivity contribution in [2.45, 2.75) is 0 Å². The number of hydrogen-bond donors (Lipinski definition) is 0. The van der Waals surface area contributed by atoms with Crippen LogP contribution in [0.2, 0.25) is 0 Å². The first-order chi connectivity index (χ1) is 9.10. The molecular weight excluding hydrogens is 316 g/mol. The molecule has 1 aromatic heterocycles. The van der Waals surface area contributed by atoms with E-state index in [2.05, 4.69) is 20.9 Å². The van der Waals surface area contributed by atoms with Crippen molar-refractivity contribution in [1.82, 2.24) is 4.98 Å². The molecule has 0 unspecified atom stereocenters. The number of aromatic nitrogens is 1. The van der Waals surface area contributed by atoms with Crippen LogP contribution >= 0.6 is 15.9 Å². The number of ether oxygens (including phenoxy) is 2. The van der Waals surface area contributed by atoms with E-state index in [0.717, 1.165) is 4.47 Å². The van der Waals surface area contributed by atoms with Gasteiger partial charge in [-0.15, -0.1) is 0 Å². The maximum atomic E-state index is 10.9. The maximum Gasteiger partial charge on any atom is 0.331 e. The third-order valence-corrected chi connectivity index (χ3v) is 2.78. The first-order valence-corrected chi connectivity index (χ1v) is 6.02. The van der Waals surface area contributed by atoms with E-state index in [4.69, 9.17) is 9.47 Å². The molecular formula is C12H9BrN2O4. The summed E-state index contributed by atoms with van der Waals surface area (Å²) in [4.78, 5) is 14.3. The molecule has 0 saturated carbocycles. The highest BCUT2D eigenvalue weighted by Gasteiger charge is 2.18. The molecule has 98 valence electrons. The van der Waals surface area contributed by atoms with Crippen molar-refractivity contribution >= 4 is 21.6 Å². The van der Waals surface area contributed by atoms with Crippen LogP contribution in [0.4, 0.5) is 5.69 Å². The predicted molar refractivity (Wildman–Crippen MR) is 71.7 cm³/mol. The first-order valence-electron chi connectivity index (χ1n) is 5.23. The van der Waals surface area contributed by atoms with Crippen LogP contribution in [0.15, 0.2) is 40.9 Å². The molecule has 0 amide bonds. The van der Waals surface area contributed by atoms with Gasteiger partial charge >= 0.3 is 11.6 Å². The van der Waals surface area contributed by atoms with Gasteiger partial charge in [0.2, 0.25) is 5.88 Å². The molecule has 0 atom stereocenters. The minimum atomic E-state index is -0.555. The minimum absolute atomic E-state index is 0.105. The summed E-state index contributed by atoms with van der Waals surface area (Å²) in [5, 5.41) is 10.9. The number of nitro groups is 1. The SMILES string of the molecule is COc1ccc([N+](=O)[O-])c(Oc2ccc(Br)cc2)n1. The second-order valence-electron chi connectivity index (χ2n) is 3.49. The Labute approximate surface area is 117 Å². The molecule has 0 aliphatic heterocycles. The fourth-order valence-electron chi connectivity index (χ4n) is 1.36. The molecule has 1 aromatic carbocycles. The summed E-state index contributed by atoms with van der Waals surface area (Å²) in [6.45, 7) is 0. The number of hydrogen-bond acceptors (Lipinski definition) is 5. The maximum absolute atomic E-state index is 10.9. The van der Waals surface area contributed by atoms with Crippen LogP contribution in [0, 0.1) is 10.1 Å². The number of benzene rings is 1. The normalized spacial score (nSPS) is 10.0. The van der Waals surface area contributed by atoms with Crippen molar-refractivity contribution in [2.75, 3.05) is 7.11 Å². The van der Waals surface area contributed by atoms with Gasteiger partial charge in [0.1, 0.15) is 5.75 Å². The molecule has 0 aliphatic rings. The van der Waals surface area contributed by atoms with E-state index in [1.807, 2.05) is 0 Å². The van der Waals surface area contributed by atoms with E-state index in [1.54, 1.807) is 24.3 Å². The molecule has 0 bridgehead atoms. The summed E-state index contributed by atoms with van der Waals surface area (Å²) >= 11 is 3.29. The quantitative estimate of drug-likeness (QED) is 0.635. The molecule has 1 heterocycles. The Balaban J connectivity index is 2.36. The van der Waals surface area contributed by atoms with E-state index in [1.165, 1.54) is 19.2 Å². The topological polar surface area (TPSA) is 74.5 Å². The summed E-state index contributed by atoms with van der Waals surface area (Å²) in [7, 11) is 1.43. The van der Waals surface area contributed by atoms with Crippen molar-refractivity contribution < 1.29 is 14.4 Å². The molecule has 6 nitrogen and oxygen atoms in total. The number of rotatable bonds is 4. The molecule has 7 heteroatoms. The molecule has 0 fully saturated rings. The summed E-state index contributed by atoms with van der Waals surface area (Å²) in [5.74, 6) is 0.594. The zero-order chi connectivity index (χ0) is 13.8. The number of methoxy groups -OCH3 is 1. The standard InChI is InChI=1S/C12H9BrN2O4/c1-18-11-7-6-10(15(16)17)12(14-11)19-9-4-2-8(13)3-5-9/h2-7H,1H3. The molecule has 2 rings (SSSR count). The number of pyridine rings is 1. The fourth-order valence-corrected chi connectivity index (χ4v) is 1.62. The van der Waals surface area contributed by atoms with Gasteiger partial charge in [0.15, 0.2) is 0 Å². The first kappa shape index (κ1) is 13.3. The lowest BCUT2D eigenvalue weighted by atomic mass is 10.3. The van der Waals surface area contributed by atoms with Crippen LogP contribution < -0.4 is 9.47 Å². The minimum Gasteiger partial charge on any atom is -0.481 e. The molecule has 0 spiro atoms. The number of halogens is 1. The highest BCUT2D eigenvalue weighted by Crippen LogP contribution is 2.31. The predicted octanol–water partition coefficient (Wildman–Crippen LogP) is 3.55. The summed E-state index contributed by atoms with van der Waals surface area (Å²) in [5.41, 5.74) is -0.219. The Morgan fingerprint density at radius 3 is 2.47 bits per heavy atom. The lowest BCUT2D eigenvalue weighted by molar-refractivity contribution is -0.386. The zero-order valence-corrected chi connectivity index (χ0v) is 11.5. The van der Waals surface area contributed by atoms with Gasteiger partial charge in [-0.1, -0.05) is 15.9 Å². The van der Waals surface area contributed by atoms with Crippen molar-refractivity contribution in [3.63, 3.8) is 0 Å². The Bertz CT molecular complexity index is 601. The molecule has 0 aliphatic carbocycles. The molecule has 0 radical (unpaired) electrons. The van der Waals surface area contributed by atoms with Gasteiger partial charge in [-0.2, -0.15) is 4.98 Å². The van der Waals surface area contributed by atoms with E-state index in [-0.39, 0.29) is 17.4 Å². The molecule has 2 aromatic rings. The fraction of sp³-hybridized carbons (Fsp3) is 0.0833. The van der Waals surface area contributed by atoms with Crippen LogP contribution in [-0.4, -0.2) is 17.0 Å². The highest BCUT2D eigenvalue weighted by atomic mass is 79.9. The van der Waals surface area contributed by atoms with E-state index >= 15 is 0 Å². The van der Waals surface area contributed by atoms with Gasteiger partial charge in [0.05, 0.1) is 12.0 Å². The smallest absolute Gasteiger partial charge is 0.331 e. The monoisotopic (exact) mass is 324 g/mol. The summed E-state index contributed by atoms with van der Waals surface area (Å²) in [6, 6.07) is 9.58. The van der Waals surface area contributed by atoms with E-state index < -0.39 is 4.92 Å². The second kappa shape index (κ2) is 5.66. The Kier molecular flexibility index (Phi) is 3.96. The highest BCUT2D eigenvalue weighted by molar-refractivity contribution is 9.10. The van der Waals surface area contributed by atoms with Crippen LogP contribution in [0.3, 0.4) is 0 Å². The summed E-state index contributed by atoms with van der Waals surface area (Å²) < 4.78 is 11.2. The average molecular weight is 325 g/mol. The largest absolute Gasteiger partial charge is 0.481 e. The zero-order valence-electron chi connectivity index (χ0n) is 9.87. The van der Waals surface area contributed by atoms with Crippen molar-refractivity contribution in [3.05, 3.63) is 51.0 Å². The van der Waals surface area contributed by atoms with Crippen LogP contribution in [-0.2, 0) is 0 Å². The van der Waals surface area contributed by atoms with Gasteiger partial charge in [-0.25, -0.2) is 0 Å². The lowest BCUT2D eigenvalue weighted by Crippen LogP contribution is -1.97.